The number of aromatic nitrogens is 3. The van der Waals surface area contributed by atoms with Gasteiger partial charge in [0.05, 0.1) is 11.3 Å². The Hall–Kier alpha value is -2.89. The number of H-pyrrole nitrogens is 1. The second-order valence-corrected chi connectivity index (χ2v) is 7.06. The van der Waals surface area contributed by atoms with Crippen LogP contribution in [0.5, 0.6) is 0 Å². The summed E-state index contributed by atoms with van der Waals surface area (Å²) in [4.78, 5) is 4.86. The summed E-state index contributed by atoms with van der Waals surface area (Å²) in [5.41, 5.74) is 1.39. The topological polar surface area (TPSA) is 106 Å². The molecular weight excluding hydrogens is 396 g/mol. The van der Waals surface area contributed by atoms with Crippen molar-refractivity contribution >= 4 is 49.5 Å². The van der Waals surface area contributed by atoms with Crippen molar-refractivity contribution in [3.8, 4) is 11.3 Å². The molecule has 0 aliphatic heterocycles. The highest BCUT2D eigenvalue weighted by Gasteiger charge is 2.19. The Kier molecular flexibility index (Phi) is 4.56. The fraction of sp³-hybridized carbons (Fsp3) is 0. The summed E-state index contributed by atoms with van der Waals surface area (Å²) in [6, 6.07) is 10.1. The summed E-state index contributed by atoms with van der Waals surface area (Å²) in [6.07, 6.45) is 0. The Bertz CT molecular complexity index is 1120. The van der Waals surface area contributed by atoms with Gasteiger partial charge in [-0.05, 0) is 36.4 Å². The van der Waals surface area contributed by atoms with Gasteiger partial charge < -0.3 is 14.6 Å². The van der Waals surface area contributed by atoms with E-state index in [0.717, 1.165) is 0 Å². The molecule has 7 nitrogen and oxygen atoms in total. The van der Waals surface area contributed by atoms with Gasteiger partial charge >= 0.3 is 0 Å². The highest BCUT2D eigenvalue weighted by Crippen LogP contribution is 2.35. The molecule has 0 amide bonds. The van der Waals surface area contributed by atoms with Gasteiger partial charge in [-0.15, -0.1) is 0 Å². The number of hydrogen-bond acceptors (Lipinski definition) is 6. The summed E-state index contributed by atoms with van der Waals surface area (Å²) in [6.45, 7) is 0. The second-order valence-electron chi connectivity index (χ2n) is 5.41. The third-order valence-corrected chi connectivity index (χ3v) is 4.93. The first-order valence-corrected chi connectivity index (χ1v) is 9.42. The van der Waals surface area contributed by atoms with Crippen molar-refractivity contribution in [1.29, 1.82) is 0 Å². The normalized spacial score (nSPS) is 12.3. The minimum atomic E-state index is -2.39. The summed E-state index contributed by atoms with van der Waals surface area (Å²) >= 11 is -1.18. The lowest BCUT2D eigenvalue weighted by molar-refractivity contribution is 0.542. The van der Waals surface area contributed by atoms with Crippen molar-refractivity contribution in [3.63, 3.8) is 0 Å². The Morgan fingerprint density at radius 1 is 1.07 bits per heavy atom. The number of benzene rings is 2. The summed E-state index contributed by atoms with van der Waals surface area (Å²) in [5, 5.41) is 10.2. The van der Waals surface area contributed by atoms with E-state index in [0.29, 0.717) is 26.9 Å². The molecule has 11 heteroatoms. The van der Waals surface area contributed by atoms with Gasteiger partial charge in [-0.25, -0.2) is 13.8 Å². The summed E-state index contributed by atoms with van der Waals surface area (Å²) in [7, 11) is 0. The molecule has 0 aliphatic carbocycles. The van der Waals surface area contributed by atoms with Gasteiger partial charge in [-0.2, -0.15) is 5.10 Å². The van der Waals surface area contributed by atoms with Crippen LogP contribution in [0.15, 0.2) is 42.5 Å². The molecule has 2 aromatic carbocycles. The van der Waals surface area contributed by atoms with Crippen molar-refractivity contribution in [2.45, 2.75) is 0 Å². The molecule has 1 unspecified atom stereocenters. The van der Waals surface area contributed by atoms with Crippen molar-refractivity contribution < 1.29 is 17.5 Å². The quantitative estimate of drug-likeness (QED) is 0.436. The van der Waals surface area contributed by atoms with E-state index in [1.165, 1.54) is 29.5 Å². The van der Waals surface area contributed by atoms with E-state index in [9.17, 15) is 17.5 Å². The zero-order chi connectivity index (χ0) is 19.0. The van der Waals surface area contributed by atoms with Crippen LogP contribution in [-0.2, 0) is 11.3 Å². The van der Waals surface area contributed by atoms with Crippen LogP contribution in [0.25, 0.3) is 21.6 Å². The molecule has 0 radical (unpaired) electrons. The number of anilines is 3. The van der Waals surface area contributed by atoms with Crippen LogP contribution >= 0.6 is 11.3 Å². The Labute approximate surface area is 157 Å². The lowest BCUT2D eigenvalue weighted by atomic mass is 10.1. The molecule has 0 saturated carbocycles. The van der Waals surface area contributed by atoms with Crippen LogP contribution in [0.4, 0.5) is 25.3 Å². The average molecular weight is 406 g/mol. The largest absolute Gasteiger partial charge is 0.755 e. The fourth-order valence-corrected chi connectivity index (χ4v) is 3.67. The molecule has 0 aliphatic rings. The molecular formula is C16H10F2N5O2S2-. The highest BCUT2D eigenvalue weighted by atomic mass is 32.2. The number of hydrogen-bond donors (Lipinski definition) is 3. The molecule has 2 heterocycles. The first-order valence-electron chi connectivity index (χ1n) is 7.53. The molecule has 0 spiro atoms. The molecule has 0 bridgehead atoms. The third-order valence-electron chi connectivity index (χ3n) is 3.67. The van der Waals surface area contributed by atoms with Crippen molar-refractivity contribution in [2.24, 2.45) is 0 Å². The fourth-order valence-electron chi connectivity index (χ4n) is 2.52. The van der Waals surface area contributed by atoms with E-state index in [2.05, 4.69) is 25.2 Å². The molecule has 3 N–H and O–H groups in total. The zero-order valence-electron chi connectivity index (χ0n) is 13.3. The SMILES string of the molecule is O=S([O-])Nc1ccc(Nc2nc3c(-c4c(F)cccc4F)[nH]nc3s2)cc1. The second kappa shape index (κ2) is 7.02. The average Bonchev–Trinajstić information content (AvgIpc) is 3.17. The first-order chi connectivity index (χ1) is 13.0. The van der Waals surface area contributed by atoms with Gasteiger partial charge in [0.15, 0.2) is 9.96 Å². The van der Waals surface area contributed by atoms with Gasteiger partial charge in [0.1, 0.15) is 17.2 Å². The summed E-state index contributed by atoms with van der Waals surface area (Å²) < 4.78 is 51.6. The lowest BCUT2D eigenvalue weighted by Crippen LogP contribution is -2.01. The van der Waals surface area contributed by atoms with Crippen LogP contribution in [0, 0.1) is 11.6 Å². The number of thiazole rings is 1. The molecule has 2 aromatic heterocycles. The number of rotatable bonds is 5. The van der Waals surface area contributed by atoms with E-state index in [1.807, 2.05) is 0 Å². The molecule has 4 aromatic rings. The van der Waals surface area contributed by atoms with Gasteiger partial charge in [-0.1, -0.05) is 17.4 Å². The molecule has 138 valence electrons. The number of nitrogens with one attached hydrogen (secondary N) is 3. The van der Waals surface area contributed by atoms with Crippen LogP contribution in [0.1, 0.15) is 0 Å². The first kappa shape index (κ1) is 17.5. The summed E-state index contributed by atoms with van der Waals surface area (Å²) in [5.74, 6) is -1.41. The van der Waals surface area contributed by atoms with Gasteiger partial charge in [0, 0.05) is 22.6 Å². The third kappa shape index (κ3) is 3.52. The van der Waals surface area contributed by atoms with Gasteiger partial charge in [0.2, 0.25) is 0 Å². The van der Waals surface area contributed by atoms with Crippen molar-refractivity contribution in [1.82, 2.24) is 15.2 Å². The van der Waals surface area contributed by atoms with E-state index in [-0.39, 0.29) is 11.3 Å². The van der Waals surface area contributed by atoms with Gasteiger partial charge in [0.25, 0.3) is 0 Å². The predicted molar refractivity (Wildman–Crippen MR) is 99.4 cm³/mol. The van der Waals surface area contributed by atoms with E-state index >= 15 is 0 Å². The monoisotopic (exact) mass is 406 g/mol. The number of aromatic amines is 1. The molecule has 1 atom stereocenters. The minimum Gasteiger partial charge on any atom is -0.755 e. The predicted octanol–water partition coefficient (Wildman–Crippen LogP) is 3.91. The number of fused-ring (bicyclic) bond motifs is 1. The molecule has 0 fully saturated rings. The lowest BCUT2D eigenvalue weighted by Gasteiger charge is -2.09. The van der Waals surface area contributed by atoms with E-state index < -0.39 is 22.9 Å². The molecule has 4 rings (SSSR count). The maximum atomic E-state index is 14.0. The molecule has 0 saturated heterocycles. The van der Waals surface area contributed by atoms with Crippen molar-refractivity contribution in [3.05, 3.63) is 54.1 Å². The van der Waals surface area contributed by atoms with E-state index in [1.54, 1.807) is 24.3 Å². The zero-order valence-corrected chi connectivity index (χ0v) is 15.0. The smallest absolute Gasteiger partial charge is 0.189 e. The number of halogens is 2. The standard InChI is InChI=1S/C16H11F2N5O2S2/c17-10-2-1-3-11(18)12(10)13-14-15(22-21-13)26-16(20-14)19-8-4-6-9(7-5-8)23-27(24)25/h1-7,23H,(H,19,20)(H,21,22)(H,24,25)/p-1. The Balaban J connectivity index is 1.63. The van der Waals surface area contributed by atoms with Crippen molar-refractivity contribution in [2.75, 3.05) is 10.0 Å². The maximum absolute atomic E-state index is 14.0. The minimum absolute atomic E-state index is 0.169. The van der Waals surface area contributed by atoms with Crippen LogP contribution < -0.4 is 10.0 Å². The van der Waals surface area contributed by atoms with Crippen LogP contribution in [0.3, 0.4) is 0 Å². The highest BCUT2D eigenvalue weighted by molar-refractivity contribution is 7.80. The Morgan fingerprint density at radius 2 is 1.74 bits per heavy atom. The van der Waals surface area contributed by atoms with Crippen LogP contribution in [0.2, 0.25) is 0 Å². The maximum Gasteiger partial charge on any atom is 0.189 e. The van der Waals surface area contributed by atoms with E-state index in [4.69, 9.17) is 0 Å². The number of nitrogens with zero attached hydrogens (tertiary/aromatic N) is 2. The Morgan fingerprint density at radius 3 is 2.41 bits per heavy atom. The molecule has 27 heavy (non-hydrogen) atoms. The van der Waals surface area contributed by atoms with Gasteiger partial charge in [-0.3, -0.25) is 9.31 Å². The van der Waals surface area contributed by atoms with Crippen LogP contribution in [-0.4, -0.2) is 23.9 Å².